The fourth-order valence-corrected chi connectivity index (χ4v) is 3.85. The van der Waals surface area contributed by atoms with Gasteiger partial charge in [0.25, 0.3) is 0 Å². The van der Waals surface area contributed by atoms with Gasteiger partial charge in [-0.1, -0.05) is 43.2 Å². The molecule has 0 radical (unpaired) electrons. The molecule has 1 atom stereocenters. The molecule has 130 valence electrons. The number of nitrogens with zero attached hydrogens (tertiary/aromatic N) is 3. The zero-order valence-corrected chi connectivity index (χ0v) is 14.9. The topological polar surface area (TPSA) is 38.1 Å². The zero-order valence-electron chi connectivity index (χ0n) is 14.9. The Labute approximate surface area is 153 Å². The van der Waals surface area contributed by atoms with Crippen LogP contribution in [0, 0.1) is 12.3 Å². The third kappa shape index (κ3) is 2.66. The number of terminal acetylenes is 1. The van der Waals surface area contributed by atoms with E-state index >= 15 is 0 Å². The van der Waals surface area contributed by atoms with E-state index in [9.17, 15) is 4.79 Å². The minimum Gasteiger partial charge on any atom is -0.316 e. The van der Waals surface area contributed by atoms with E-state index in [0.29, 0.717) is 19.5 Å². The lowest BCUT2D eigenvalue weighted by Gasteiger charge is -2.20. The fourth-order valence-electron chi connectivity index (χ4n) is 3.85. The Kier molecular flexibility index (Phi) is 4.22. The van der Waals surface area contributed by atoms with Gasteiger partial charge in [0.05, 0.1) is 17.6 Å². The fraction of sp³-hybridized carbons (Fsp3) is 0.273. The Morgan fingerprint density at radius 1 is 1.19 bits per heavy atom. The summed E-state index contributed by atoms with van der Waals surface area (Å²) in [6.45, 7) is 3.22. The van der Waals surface area contributed by atoms with Crippen molar-refractivity contribution in [3.8, 4) is 12.3 Å². The average Bonchev–Trinajstić information content (AvgIpc) is 3.23. The van der Waals surface area contributed by atoms with Gasteiger partial charge in [0.15, 0.2) is 0 Å². The first-order valence-electron chi connectivity index (χ1n) is 8.99. The van der Waals surface area contributed by atoms with Gasteiger partial charge in [-0.2, -0.15) is 0 Å². The normalized spacial score (nSPS) is 17.0. The monoisotopic (exact) mass is 343 g/mol. The van der Waals surface area contributed by atoms with Crippen molar-refractivity contribution >= 4 is 22.6 Å². The molecule has 0 N–H and O–H groups in total. The molecule has 0 saturated carbocycles. The number of amides is 1. The van der Waals surface area contributed by atoms with Crippen LogP contribution >= 0.6 is 0 Å². The highest BCUT2D eigenvalue weighted by Gasteiger charge is 2.35. The van der Waals surface area contributed by atoms with E-state index in [1.165, 1.54) is 5.56 Å². The molecular weight excluding hydrogens is 322 g/mol. The van der Waals surface area contributed by atoms with Gasteiger partial charge in [0, 0.05) is 24.6 Å². The predicted octanol–water partition coefficient (Wildman–Crippen LogP) is 3.75. The van der Waals surface area contributed by atoms with Gasteiger partial charge in [0.1, 0.15) is 5.82 Å². The number of aromatic nitrogens is 2. The van der Waals surface area contributed by atoms with Gasteiger partial charge in [-0.3, -0.25) is 4.79 Å². The largest absolute Gasteiger partial charge is 0.316 e. The lowest BCUT2D eigenvalue weighted by atomic mass is 10.1. The molecule has 0 bridgehead atoms. The van der Waals surface area contributed by atoms with Gasteiger partial charge < -0.3 is 9.47 Å². The molecule has 4 heteroatoms. The number of rotatable bonds is 4. The number of para-hydroxylation sites is 3. The van der Waals surface area contributed by atoms with Crippen molar-refractivity contribution in [3.63, 3.8) is 0 Å². The zero-order chi connectivity index (χ0) is 18.1. The van der Waals surface area contributed by atoms with Crippen LogP contribution in [0.15, 0.2) is 48.5 Å². The van der Waals surface area contributed by atoms with E-state index in [0.717, 1.165) is 29.0 Å². The number of carbonyl (C=O) groups excluding carboxylic acids is 1. The second-order valence-corrected chi connectivity index (χ2v) is 6.64. The number of hydrogen-bond acceptors (Lipinski definition) is 2. The Balaban J connectivity index is 1.73. The summed E-state index contributed by atoms with van der Waals surface area (Å²) in [6, 6.07) is 16.1. The maximum atomic E-state index is 12.8. The molecule has 2 aromatic carbocycles. The highest BCUT2D eigenvalue weighted by atomic mass is 16.2. The van der Waals surface area contributed by atoms with Gasteiger partial charge in [-0.05, 0) is 30.2 Å². The summed E-state index contributed by atoms with van der Waals surface area (Å²) in [5, 5.41) is 0. The molecular formula is C22H21N3O. The number of benzene rings is 2. The number of hydrogen-bond donors (Lipinski definition) is 0. The highest BCUT2D eigenvalue weighted by Crippen LogP contribution is 2.34. The first kappa shape index (κ1) is 16.4. The molecule has 4 rings (SSSR count). The Bertz CT molecular complexity index is 1010. The SMILES string of the molecule is C#CCn1c([C@@H]2CC(=O)N(c3ccccc3CC)C2)nc2ccccc21. The Morgan fingerprint density at radius 2 is 1.96 bits per heavy atom. The van der Waals surface area contributed by atoms with E-state index in [1.54, 1.807) is 0 Å². The molecule has 1 saturated heterocycles. The maximum Gasteiger partial charge on any atom is 0.227 e. The van der Waals surface area contributed by atoms with Crippen molar-refractivity contribution in [3.05, 3.63) is 59.9 Å². The van der Waals surface area contributed by atoms with Crippen LogP contribution in [0.1, 0.15) is 30.7 Å². The molecule has 26 heavy (non-hydrogen) atoms. The molecule has 1 amide bonds. The third-order valence-corrected chi connectivity index (χ3v) is 5.09. The van der Waals surface area contributed by atoms with Gasteiger partial charge in [-0.25, -0.2) is 4.98 Å². The summed E-state index contributed by atoms with van der Waals surface area (Å²) in [5.74, 6) is 3.83. The molecule has 0 spiro atoms. The van der Waals surface area contributed by atoms with Gasteiger partial charge in [0.2, 0.25) is 5.91 Å². The Morgan fingerprint density at radius 3 is 2.77 bits per heavy atom. The summed E-state index contributed by atoms with van der Waals surface area (Å²) in [4.78, 5) is 19.5. The number of anilines is 1. The van der Waals surface area contributed by atoms with E-state index < -0.39 is 0 Å². The van der Waals surface area contributed by atoms with E-state index in [2.05, 4.69) is 23.5 Å². The summed E-state index contributed by atoms with van der Waals surface area (Å²) in [6.07, 6.45) is 6.95. The molecule has 0 aliphatic carbocycles. The van der Waals surface area contributed by atoms with Crippen molar-refractivity contribution in [2.45, 2.75) is 32.2 Å². The summed E-state index contributed by atoms with van der Waals surface area (Å²) in [5.41, 5.74) is 4.17. The minimum atomic E-state index is 0.0492. The molecule has 1 fully saturated rings. The van der Waals surface area contributed by atoms with Crippen molar-refractivity contribution in [2.24, 2.45) is 0 Å². The number of fused-ring (bicyclic) bond motifs is 1. The first-order chi connectivity index (χ1) is 12.7. The molecule has 1 aliphatic rings. The third-order valence-electron chi connectivity index (χ3n) is 5.09. The van der Waals surface area contributed by atoms with Crippen LogP contribution in [0.3, 0.4) is 0 Å². The van der Waals surface area contributed by atoms with E-state index in [1.807, 2.05) is 47.4 Å². The standard InChI is InChI=1S/C22H21N3O/c1-3-13-24-20-12-8-6-10-18(20)23-22(24)17-14-21(26)25(15-17)19-11-7-5-9-16(19)4-2/h1,5-12,17H,4,13-15H2,2H3/t17-/m1/s1. The second-order valence-electron chi connectivity index (χ2n) is 6.64. The van der Waals surface area contributed by atoms with Crippen LogP contribution in [0.5, 0.6) is 0 Å². The molecule has 4 nitrogen and oxygen atoms in total. The van der Waals surface area contributed by atoms with Crippen LogP contribution in [0.4, 0.5) is 5.69 Å². The van der Waals surface area contributed by atoms with Crippen molar-refractivity contribution in [1.82, 2.24) is 9.55 Å². The summed E-state index contributed by atoms with van der Waals surface area (Å²) >= 11 is 0. The molecule has 1 aromatic heterocycles. The number of imidazole rings is 1. The van der Waals surface area contributed by atoms with Crippen LogP contribution in [0.2, 0.25) is 0 Å². The van der Waals surface area contributed by atoms with Crippen LogP contribution in [0.25, 0.3) is 11.0 Å². The van der Waals surface area contributed by atoms with E-state index in [-0.39, 0.29) is 11.8 Å². The molecule has 1 aliphatic heterocycles. The second kappa shape index (κ2) is 6.68. The van der Waals surface area contributed by atoms with Crippen LogP contribution in [-0.2, 0) is 17.8 Å². The van der Waals surface area contributed by atoms with Crippen molar-refractivity contribution < 1.29 is 4.79 Å². The van der Waals surface area contributed by atoms with Crippen molar-refractivity contribution in [2.75, 3.05) is 11.4 Å². The summed E-state index contributed by atoms with van der Waals surface area (Å²) < 4.78 is 2.07. The van der Waals surface area contributed by atoms with Crippen LogP contribution in [-0.4, -0.2) is 22.0 Å². The van der Waals surface area contributed by atoms with Gasteiger partial charge in [-0.15, -0.1) is 6.42 Å². The molecule has 3 aromatic rings. The lowest BCUT2D eigenvalue weighted by Crippen LogP contribution is -2.25. The van der Waals surface area contributed by atoms with Crippen LogP contribution < -0.4 is 4.90 Å². The number of aryl methyl sites for hydroxylation is 1. The first-order valence-corrected chi connectivity index (χ1v) is 8.99. The maximum absolute atomic E-state index is 12.8. The molecule has 2 heterocycles. The highest BCUT2D eigenvalue weighted by molar-refractivity contribution is 5.97. The average molecular weight is 343 g/mol. The predicted molar refractivity (Wildman–Crippen MR) is 104 cm³/mol. The molecule has 0 unspecified atom stereocenters. The minimum absolute atomic E-state index is 0.0492. The summed E-state index contributed by atoms with van der Waals surface area (Å²) in [7, 11) is 0. The van der Waals surface area contributed by atoms with Crippen molar-refractivity contribution in [1.29, 1.82) is 0 Å². The van der Waals surface area contributed by atoms with E-state index in [4.69, 9.17) is 11.4 Å². The smallest absolute Gasteiger partial charge is 0.227 e. The lowest BCUT2D eigenvalue weighted by molar-refractivity contribution is -0.117. The Hall–Kier alpha value is -3.06. The number of carbonyl (C=O) groups is 1. The quantitative estimate of drug-likeness (QED) is 0.677. The van der Waals surface area contributed by atoms with Gasteiger partial charge >= 0.3 is 0 Å².